The fourth-order valence-electron chi connectivity index (χ4n) is 4.21. The van der Waals surface area contributed by atoms with E-state index in [4.69, 9.17) is 4.74 Å². The molecule has 5 nitrogen and oxygen atoms in total. The Morgan fingerprint density at radius 1 is 1.08 bits per heavy atom. The van der Waals surface area contributed by atoms with Crippen LogP contribution in [0.4, 0.5) is 5.69 Å². The van der Waals surface area contributed by atoms with E-state index in [-0.39, 0.29) is 24.2 Å². The molecule has 3 atom stereocenters. The first kappa shape index (κ1) is 19.2. The van der Waals surface area contributed by atoms with Crippen molar-refractivity contribution in [2.24, 2.45) is 0 Å². The number of anilines is 1. The summed E-state index contributed by atoms with van der Waals surface area (Å²) in [4.78, 5) is 19.7. The van der Waals surface area contributed by atoms with Gasteiger partial charge in [0.1, 0.15) is 0 Å². The molecular weight excluding hydrogens is 326 g/mol. The summed E-state index contributed by atoms with van der Waals surface area (Å²) in [7, 11) is 0. The van der Waals surface area contributed by atoms with Crippen LogP contribution in [-0.2, 0) is 9.53 Å². The Morgan fingerprint density at radius 3 is 2.31 bits per heavy atom. The molecule has 0 N–H and O–H groups in total. The predicted molar refractivity (Wildman–Crippen MR) is 106 cm³/mol. The van der Waals surface area contributed by atoms with Crippen LogP contribution in [0, 0.1) is 13.8 Å². The van der Waals surface area contributed by atoms with E-state index in [9.17, 15) is 4.79 Å². The Balaban J connectivity index is 1.59. The largest absolute Gasteiger partial charge is 0.372 e. The highest BCUT2D eigenvalue weighted by Crippen LogP contribution is 2.24. The highest BCUT2D eigenvalue weighted by Gasteiger charge is 2.32. The van der Waals surface area contributed by atoms with Gasteiger partial charge < -0.3 is 14.5 Å². The minimum atomic E-state index is -0.0618. The molecule has 0 bridgehead atoms. The van der Waals surface area contributed by atoms with Gasteiger partial charge in [-0.05, 0) is 51.8 Å². The number of hydrogen-bond acceptors (Lipinski definition) is 4. The number of rotatable bonds is 3. The van der Waals surface area contributed by atoms with Gasteiger partial charge >= 0.3 is 0 Å². The summed E-state index contributed by atoms with van der Waals surface area (Å²) in [5, 5.41) is 0. The number of hydrogen-bond donors (Lipinski definition) is 0. The molecule has 3 rings (SSSR count). The molecule has 1 aromatic carbocycles. The van der Waals surface area contributed by atoms with Gasteiger partial charge in [-0.2, -0.15) is 0 Å². The van der Waals surface area contributed by atoms with Crippen LogP contribution in [0.15, 0.2) is 18.2 Å². The number of ether oxygens (including phenoxy) is 1. The van der Waals surface area contributed by atoms with Crippen LogP contribution >= 0.6 is 0 Å². The van der Waals surface area contributed by atoms with Crippen LogP contribution in [0.5, 0.6) is 0 Å². The molecule has 2 heterocycles. The number of nitrogens with zero attached hydrogens (tertiary/aromatic N) is 3. The molecule has 144 valence electrons. The molecular formula is C21H33N3O2. The van der Waals surface area contributed by atoms with Crippen molar-refractivity contribution in [1.82, 2.24) is 9.80 Å². The molecule has 0 aromatic heterocycles. The fourth-order valence-corrected chi connectivity index (χ4v) is 4.21. The van der Waals surface area contributed by atoms with Gasteiger partial charge in [-0.3, -0.25) is 9.69 Å². The fraction of sp³-hybridized carbons (Fsp3) is 0.667. The Labute approximate surface area is 157 Å². The Kier molecular flexibility index (Phi) is 5.88. The van der Waals surface area contributed by atoms with Crippen LogP contribution in [-0.4, -0.2) is 73.2 Å². The quantitative estimate of drug-likeness (QED) is 0.831. The van der Waals surface area contributed by atoms with Crippen molar-refractivity contribution >= 4 is 11.6 Å². The van der Waals surface area contributed by atoms with Crippen molar-refractivity contribution < 1.29 is 9.53 Å². The highest BCUT2D eigenvalue weighted by atomic mass is 16.5. The molecule has 2 aliphatic rings. The van der Waals surface area contributed by atoms with Crippen molar-refractivity contribution in [3.05, 3.63) is 29.3 Å². The Bertz CT molecular complexity index is 630. The van der Waals surface area contributed by atoms with E-state index < -0.39 is 0 Å². The van der Waals surface area contributed by atoms with Gasteiger partial charge in [-0.15, -0.1) is 0 Å². The third-order valence-electron chi connectivity index (χ3n) is 5.87. The first-order valence-corrected chi connectivity index (χ1v) is 9.86. The summed E-state index contributed by atoms with van der Waals surface area (Å²) in [6.07, 6.45) is 0.243. The van der Waals surface area contributed by atoms with Crippen LogP contribution in [0.1, 0.15) is 31.9 Å². The number of morpholine rings is 1. The maximum atomic E-state index is 13.0. The van der Waals surface area contributed by atoms with Gasteiger partial charge in [0.15, 0.2) is 0 Å². The first-order valence-electron chi connectivity index (χ1n) is 9.86. The number of carbonyl (C=O) groups excluding carboxylic acids is 1. The monoisotopic (exact) mass is 359 g/mol. The SMILES string of the molecule is Cc1cccc(N2CCN(C(C)C(=O)N3CC(C)OC(C)C3)CC2)c1C. The summed E-state index contributed by atoms with van der Waals surface area (Å²) in [5.41, 5.74) is 4.03. The van der Waals surface area contributed by atoms with Gasteiger partial charge in [0.25, 0.3) is 0 Å². The lowest BCUT2D eigenvalue weighted by Gasteiger charge is -2.42. The lowest BCUT2D eigenvalue weighted by molar-refractivity contribution is -0.148. The second kappa shape index (κ2) is 7.97. The van der Waals surface area contributed by atoms with Crippen molar-refractivity contribution in [1.29, 1.82) is 0 Å². The van der Waals surface area contributed by atoms with Crippen LogP contribution in [0.3, 0.4) is 0 Å². The van der Waals surface area contributed by atoms with E-state index in [1.165, 1.54) is 16.8 Å². The summed E-state index contributed by atoms with van der Waals surface area (Å²) < 4.78 is 5.76. The van der Waals surface area contributed by atoms with E-state index in [0.29, 0.717) is 13.1 Å². The number of benzene rings is 1. The van der Waals surface area contributed by atoms with Crippen molar-refractivity contribution in [3.8, 4) is 0 Å². The predicted octanol–water partition coefficient (Wildman–Crippen LogP) is 2.45. The number of piperazine rings is 1. The maximum Gasteiger partial charge on any atom is 0.239 e. The molecule has 2 aliphatic heterocycles. The average molecular weight is 360 g/mol. The topological polar surface area (TPSA) is 36.0 Å². The molecule has 0 saturated carbocycles. The van der Waals surface area contributed by atoms with Crippen LogP contribution < -0.4 is 4.90 Å². The summed E-state index contributed by atoms with van der Waals surface area (Å²) in [6, 6.07) is 6.45. The third-order valence-corrected chi connectivity index (χ3v) is 5.87. The van der Waals surface area contributed by atoms with E-state index >= 15 is 0 Å². The maximum absolute atomic E-state index is 13.0. The molecule has 0 radical (unpaired) electrons. The summed E-state index contributed by atoms with van der Waals surface area (Å²) in [6.45, 7) is 15.7. The smallest absolute Gasteiger partial charge is 0.239 e. The second-order valence-corrected chi connectivity index (χ2v) is 7.92. The van der Waals surface area contributed by atoms with Gasteiger partial charge in [0, 0.05) is 45.0 Å². The normalized spacial score (nSPS) is 26.0. The molecule has 5 heteroatoms. The number of amides is 1. The zero-order chi connectivity index (χ0) is 18.8. The van der Waals surface area contributed by atoms with E-state index in [0.717, 1.165) is 26.2 Å². The van der Waals surface area contributed by atoms with Crippen molar-refractivity contribution in [3.63, 3.8) is 0 Å². The minimum Gasteiger partial charge on any atom is -0.372 e. The molecule has 3 unspecified atom stereocenters. The molecule has 0 spiro atoms. The van der Waals surface area contributed by atoms with Gasteiger partial charge in [0.2, 0.25) is 5.91 Å². The Hall–Kier alpha value is -1.59. The Morgan fingerprint density at radius 2 is 1.69 bits per heavy atom. The first-order chi connectivity index (χ1) is 12.4. The molecule has 0 aliphatic carbocycles. The lowest BCUT2D eigenvalue weighted by Crippen LogP contribution is -2.57. The van der Waals surface area contributed by atoms with Gasteiger partial charge in [-0.25, -0.2) is 0 Å². The lowest BCUT2D eigenvalue weighted by atomic mass is 10.1. The van der Waals surface area contributed by atoms with Crippen LogP contribution in [0.2, 0.25) is 0 Å². The zero-order valence-corrected chi connectivity index (χ0v) is 16.9. The van der Waals surface area contributed by atoms with Crippen LogP contribution in [0.25, 0.3) is 0 Å². The van der Waals surface area contributed by atoms with Crippen molar-refractivity contribution in [2.45, 2.75) is 52.9 Å². The molecule has 1 aromatic rings. The molecule has 26 heavy (non-hydrogen) atoms. The van der Waals surface area contributed by atoms with E-state index in [2.05, 4.69) is 48.8 Å². The average Bonchev–Trinajstić information content (AvgIpc) is 2.62. The van der Waals surface area contributed by atoms with Gasteiger partial charge in [-0.1, -0.05) is 12.1 Å². The second-order valence-electron chi connectivity index (χ2n) is 7.92. The van der Waals surface area contributed by atoms with E-state index in [1.54, 1.807) is 0 Å². The molecule has 1 amide bonds. The van der Waals surface area contributed by atoms with Crippen molar-refractivity contribution in [2.75, 3.05) is 44.2 Å². The zero-order valence-electron chi connectivity index (χ0n) is 16.9. The molecule has 2 fully saturated rings. The number of aryl methyl sites for hydroxylation is 1. The minimum absolute atomic E-state index is 0.0618. The number of carbonyl (C=O) groups is 1. The standard InChI is InChI=1S/C21H33N3O2/c1-15-7-6-8-20(18(15)4)23-11-9-22(10-12-23)19(5)21(25)24-13-16(2)26-17(3)14-24/h6-8,16-17,19H,9-14H2,1-5H3. The summed E-state index contributed by atoms with van der Waals surface area (Å²) >= 11 is 0. The molecule has 2 saturated heterocycles. The highest BCUT2D eigenvalue weighted by molar-refractivity contribution is 5.81. The van der Waals surface area contributed by atoms with E-state index in [1.807, 2.05) is 18.7 Å². The third kappa shape index (κ3) is 4.04. The summed E-state index contributed by atoms with van der Waals surface area (Å²) in [5.74, 6) is 0.243. The van der Waals surface area contributed by atoms with Gasteiger partial charge in [0.05, 0.1) is 18.2 Å².